The third-order valence-electron chi connectivity index (χ3n) is 4.95. The molecule has 1 fully saturated rings. The van der Waals surface area contributed by atoms with Crippen molar-refractivity contribution in [2.24, 2.45) is 0 Å². The average Bonchev–Trinajstić information content (AvgIpc) is 3.18. The lowest BCUT2D eigenvalue weighted by Crippen LogP contribution is -2.36. The molecule has 2 aromatic carbocycles. The molecular weight excluding hydrogens is 374 g/mol. The molecule has 1 aromatic heterocycles. The number of nitro benzene ring substituents is 1. The molecule has 2 heterocycles. The van der Waals surface area contributed by atoms with Crippen LogP contribution in [0.4, 0.5) is 11.4 Å². The Morgan fingerprint density at radius 1 is 1.28 bits per heavy atom. The molecular formula is C20H21N5O4. The van der Waals surface area contributed by atoms with Crippen LogP contribution in [-0.4, -0.2) is 47.1 Å². The number of nitro groups is 1. The third kappa shape index (κ3) is 3.90. The van der Waals surface area contributed by atoms with E-state index in [1.165, 1.54) is 6.07 Å². The van der Waals surface area contributed by atoms with E-state index in [1.54, 1.807) is 12.1 Å². The first kappa shape index (κ1) is 18.9. The number of fused-ring (bicyclic) bond motifs is 1. The second-order valence-electron chi connectivity index (χ2n) is 6.89. The highest BCUT2D eigenvalue weighted by Gasteiger charge is 2.24. The quantitative estimate of drug-likeness (QED) is 0.507. The summed E-state index contributed by atoms with van der Waals surface area (Å²) in [6.45, 7) is 4.01. The van der Waals surface area contributed by atoms with Gasteiger partial charge in [-0.2, -0.15) is 0 Å². The fourth-order valence-electron chi connectivity index (χ4n) is 3.41. The highest BCUT2D eigenvalue weighted by atomic mass is 16.6. The van der Waals surface area contributed by atoms with Gasteiger partial charge in [-0.25, -0.2) is 4.98 Å². The van der Waals surface area contributed by atoms with Crippen LogP contribution in [0.15, 0.2) is 42.5 Å². The number of carbonyl (C=O) groups is 1. The predicted molar refractivity (Wildman–Crippen MR) is 108 cm³/mol. The maximum Gasteiger partial charge on any atom is 0.293 e. The highest BCUT2D eigenvalue weighted by molar-refractivity contribution is 5.96. The molecule has 1 amide bonds. The molecule has 0 saturated carbocycles. The molecule has 150 valence electrons. The van der Waals surface area contributed by atoms with Gasteiger partial charge in [0.25, 0.3) is 11.6 Å². The summed E-state index contributed by atoms with van der Waals surface area (Å²) < 4.78 is 5.31. The zero-order valence-electron chi connectivity index (χ0n) is 15.9. The first-order valence-electron chi connectivity index (χ1n) is 9.39. The maximum absolute atomic E-state index is 12.7. The number of aromatic amines is 1. The predicted octanol–water partition coefficient (Wildman–Crippen LogP) is 2.80. The Labute approximate surface area is 166 Å². The van der Waals surface area contributed by atoms with E-state index in [2.05, 4.69) is 15.3 Å². The van der Waals surface area contributed by atoms with Crippen LogP contribution in [0.25, 0.3) is 11.0 Å². The summed E-state index contributed by atoms with van der Waals surface area (Å²) >= 11 is 0. The number of morpholine rings is 1. The number of imidazole rings is 1. The molecule has 0 aliphatic carbocycles. The van der Waals surface area contributed by atoms with E-state index >= 15 is 0 Å². The Morgan fingerprint density at radius 2 is 2.03 bits per heavy atom. The van der Waals surface area contributed by atoms with Crippen LogP contribution < -0.4 is 10.2 Å². The molecule has 0 radical (unpaired) electrons. The lowest BCUT2D eigenvalue weighted by atomic mass is 10.1. The largest absolute Gasteiger partial charge is 0.378 e. The Morgan fingerprint density at radius 3 is 2.76 bits per heavy atom. The molecule has 1 aliphatic rings. The minimum absolute atomic E-state index is 0.0871. The van der Waals surface area contributed by atoms with Crippen molar-refractivity contribution in [3.8, 4) is 0 Å². The van der Waals surface area contributed by atoms with Gasteiger partial charge in [0.2, 0.25) is 0 Å². The zero-order valence-corrected chi connectivity index (χ0v) is 15.9. The van der Waals surface area contributed by atoms with Crippen LogP contribution in [0.2, 0.25) is 0 Å². The highest BCUT2D eigenvalue weighted by Crippen LogP contribution is 2.30. The Bertz CT molecular complexity index is 1020. The van der Waals surface area contributed by atoms with E-state index in [4.69, 9.17) is 4.74 Å². The van der Waals surface area contributed by atoms with Crippen LogP contribution >= 0.6 is 0 Å². The van der Waals surface area contributed by atoms with Gasteiger partial charge in [0.05, 0.1) is 35.2 Å². The van der Waals surface area contributed by atoms with Gasteiger partial charge < -0.3 is 19.9 Å². The van der Waals surface area contributed by atoms with Crippen molar-refractivity contribution in [1.82, 2.24) is 15.3 Å². The minimum Gasteiger partial charge on any atom is -0.378 e. The first-order chi connectivity index (χ1) is 14.0. The number of carbonyl (C=O) groups excluding carboxylic acids is 1. The van der Waals surface area contributed by atoms with Gasteiger partial charge in [0, 0.05) is 24.7 Å². The van der Waals surface area contributed by atoms with Crippen molar-refractivity contribution in [2.45, 2.75) is 13.0 Å². The molecule has 9 heteroatoms. The standard InChI is InChI=1S/C20H21N5O4/c1-13(19-22-15-4-2-3-5-16(15)23-19)21-20(26)14-6-7-17(18(12-14)25(27)28)24-8-10-29-11-9-24/h2-7,12-13H,8-11H2,1H3,(H,21,26)(H,22,23)/t13-/m1/s1. The molecule has 0 unspecified atom stereocenters. The van der Waals surface area contributed by atoms with Crippen LogP contribution in [0.3, 0.4) is 0 Å². The van der Waals surface area contributed by atoms with E-state index in [1.807, 2.05) is 36.1 Å². The molecule has 1 aliphatic heterocycles. The minimum atomic E-state index is -0.454. The van der Waals surface area contributed by atoms with Gasteiger partial charge in [0.15, 0.2) is 0 Å². The van der Waals surface area contributed by atoms with E-state index in [-0.39, 0.29) is 17.3 Å². The number of hydrogen-bond acceptors (Lipinski definition) is 6. The van der Waals surface area contributed by atoms with Crippen LogP contribution in [-0.2, 0) is 4.74 Å². The summed E-state index contributed by atoms with van der Waals surface area (Å²) in [5.74, 6) is 0.230. The summed E-state index contributed by atoms with van der Waals surface area (Å²) in [5, 5.41) is 14.4. The molecule has 29 heavy (non-hydrogen) atoms. The van der Waals surface area contributed by atoms with Gasteiger partial charge in [0.1, 0.15) is 11.5 Å². The van der Waals surface area contributed by atoms with Gasteiger partial charge in [-0.1, -0.05) is 12.1 Å². The fraction of sp³-hybridized carbons (Fsp3) is 0.300. The van der Waals surface area contributed by atoms with Crippen molar-refractivity contribution in [3.63, 3.8) is 0 Å². The van der Waals surface area contributed by atoms with Crippen molar-refractivity contribution >= 4 is 28.3 Å². The number of ether oxygens (including phenoxy) is 1. The van der Waals surface area contributed by atoms with Crippen LogP contribution in [0.1, 0.15) is 29.1 Å². The second-order valence-corrected chi connectivity index (χ2v) is 6.89. The lowest BCUT2D eigenvalue weighted by molar-refractivity contribution is -0.384. The molecule has 1 atom stereocenters. The number of nitrogens with one attached hydrogen (secondary N) is 2. The summed E-state index contributed by atoms with van der Waals surface area (Å²) in [6.07, 6.45) is 0. The summed E-state index contributed by atoms with van der Waals surface area (Å²) in [6, 6.07) is 11.8. The number of rotatable bonds is 5. The first-order valence-corrected chi connectivity index (χ1v) is 9.39. The number of nitrogens with zero attached hydrogens (tertiary/aromatic N) is 3. The normalized spacial score (nSPS) is 15.3. The van der Waals surface area contributed by atoms with E-state index in [0.717, 1.165) is 11.0 Å². The summed E-state index contributed by atoms with van der Waals surface area (Å²) in [7, 11) is 0. The number of amides is 1. The van der Waals surface area contributed by atoms with Crippen molar-refractivity contribution in [1.29, 1.82) is 0 Å². The van der Waals surface area contributed by atoms with Crippen LogP contribution in [0, 0.1) is 10.1 Å². The summed E-state index contributed by atoms with van der Waals surface area (Å²) in [5.41, 5.74) is 2.34. The van der Waals surface area contributed by atoms with E-state index < -0.39 is 10.8 Å². The van der Waals surface area contributed by atoms with Gasteiger partial charge in [-0.15, -0.1) is 0 Å². The molecule has 0 spiro atoms. The summed E-state index contributed by atoms with van der Waals surface area (Å²) in [4.78, 5) is 33.4. The molecule has 9 nitrogen and oxygen atoms in total. The van der Waals surface area contributed by atoms with Gasteiger partial charge in [-0.05, 0) is 31.2 Å². The number of para-hydroxylation sites is 2. The number of aromatic nitrogens is 2. The molecule has 1 saturated heterocycles. The number of anilines is 1. The third-order valence-corrected chi connectivity index (χ3v) is 4.95. The average molecular weight is 395 g/mol. The smallest absolute Gasteiger partial charge is 0.293 e. The van der Waals surface area contributed by atoms with Gasteiger partial charge >= 0.3 is 0 Å². The number of hydrogen-bond donors (Lipinski definition) is 2. The van der Waals surface area contributed by atoms with Crippen molar-refractivity contribution < 1.29 is 14.5 Å². The Hall–Kier alpha value is -3.46. The second kappa shape index (κ2) is 7.88. The maximum atomic E-state index is 12.7. The SMILES string of the molecule is C[C@@H](NC(=O)c1ccc(N2CCOCC2)c([N+](=O)[O-])c1)c1nc2ccccc2[nH]1. The monoisotopic (exact) mass is 395 g/mol. The van der Waals surface area contributed by atoms with Crippen molar-refractivity contribution in [3.05, 3.63) is 64.0 Å². The topological polar surface area (TPSA) is 113 Å². The van der Waals surface area contributed by atoms with Gasteiger partial charge in [-0.3, -0.25) is 14.9 Å². The molecule has 4 rings (SSSR count). The Balaban J connectivity index is 1.54. The lowest BCUT2D eigenvalue weighted by Gasteiger charge is -2.28. The Kier molecular flexibility index (Phi) is 5.13. The van der Waals surface area contributed by atoms with E-state index in [0.29, 0.717) is 37.8 Å². The number of H-pyrrole nitrogens is 1. The molecule has 0 bridgehead atoms. The number of benzene rings is 2. The van der Waals surface area contributed by atoms with Crippen molar-refractivity contribution in [2.75, 3.05) is 31.2 Å². The molecule has 2 N–H and O–H groups in total. The fourth-order valence-corrected chi connectivity index (χ4v) is 3.41. The van der Waals surface area contributed by atoms with Crippen LogP contribution in [0.5, 0.6) is 0 Å². The zero-order chi connectivity index (χ0) is 20.4. The van der Waals surface area contributed by atoms with E-state index in [9.17, 15) is 14.9 Å². The molecule has 3 aromatic rings.